The van der Waals surface area contributed by atoms with E-state index in [2.05, 4.69) is 11.9 Å². The van der Waals surface area contributed by atoms with Crippen LogP contribution in [0, 0.1) is 11.7 Å². The number of halogens is 1. The van der Waals surface area contributed by atoms with Gasteiger partial charge in [-0.1, -0.05) is 18.7 Å². The topological polar surface area (TPSA) is 64.3 Å². The van der Waals surface area contributed by atoms with Crippen molar-refractivity contribution in [3.05, 3.63) is 17.9 Å². The number of rotatable bonds is 5. The van der Waals surface area contributed by atoms with Crippen LogP contribution in [0.25, 0.3) is 11.0 Å². The summed E-state index contributed by atoms with van der Waals surface area (Å²) in [5.74, 6) is -0.738. The molecule has 7 heteroatoms. The molecular weight excluding hydrogens is 295 g/mol. The molecule has 1 heterocycles. The third-order valence-corrected chi connectivity index (χ3v) is 4.59. The van der Waals surface area contributed by atoms with Crippen molar-refractivity contribution in [1.29, 1.82) is 0 Å². The summed E-state index contributed by atoms with van der Waals surface area (Å²) in [6.45, 7) is 2.13. The molecule has 1 saturated carbocycles. The number of carbonyl (C=O) groups is 1. The first-order valence-corrected chi connectivity index (χ1v) is 7.60. The highest BCUT2D eigenvalue weighted by Gasteiger charge is 2.37. The van der Waals surface area contributed by atoms with E-state index in [9.17, 15) is 9.18 Å². The lowest BCUT2D eigenvalue weighted by molar-refractivity contribution is -0.133. The number of benzene rings is 1. The maximum absolute atomic E-state index is 13.8. The van der Waals surface area contributed by atoms with E-state index in [1.54, 1.807) is 6.07 Å². The predicted molar refractivity (Wildman–Crippen MR) is 77.4 cm³/mol. The minimum Gasteiger partial charge on any atom is -0.494 e. The summed E-state index contributed by atoms with van der Waals surface area (Å²) in [6, 6.07) is 3.26. The number of hydrogen-bond donors (Lipinski definition) is 1. The number of nitrogens with zero attached hydrogens (tertiary/aromatic N) is 2. The van der Waals surface area contributed by atoms with Gasteiger partial charge in [0.1, 0.15) is 0 Å². The molecule has 0 bridgehead atoms. The summed E-state index contributed by atoms with van der Waals surface area (Å²) in [5.41, 5.74) is 1.32. The van der Waals surface area contributed by atoms with Crippen molar-refractivity contribution in [3.8, 4) is 5.75 Å². The Kier molecular flexibility index (Phi) is 3.52. The van der Waals surface area contributed by atoms with Crippen molar-refractivity contribution in [2.75, 3.05) is 12.9 Å². The van der Waals surface area contributed by atoms with Crippen LogP contribution in [-0.2, 0) is 4.79 Å². The summed E-state index contributed by atoms with van der Waals surface area (Å²) in [7, 11) is 1.42. The lowest BCUT2D eigenvalue weighted by Gasteiger charge is -2.08. The fourth-order valence-corrected chi connectivity index (χ4v) is 3.23. The second-order valence-electron chi connectivity index (χ2n) is 5.20. The van der Waals surface area contributed by atoms with Gasteiger partial charge in [-0.25, -0.2) is 9.37 Å². The highest BCUT2D eigenvalue weighted by molar-refractivity contribution is 7.99. The Morgan fingerprint density at radius 2 is 2.33 bits per heavy atom. The van der Waals surface area contributed by atoms with Crippen LogP contribution < -0.4 is 4.74 Å². The van der Waals surface area contributed by atoms with E-state index in [-0.39, 0.29) is 11.5 Å². The van der Waals surface area contributed by atoms with Gasteiger partial charge < -0.3 is 14.4 Å². The van der Waals surface area contributed by atoms with Crippen molar-refractivity contribution in [3.63, 3.8) is 0 Å². The third kappa shape index (κ3) is 2.57. The largest absolute Gasteiger partial charge is 0.494 e. The van der Waals surface area contributed by atoms with Crippen molar-refractivity contribution < 1.29 is 19.0 Å². The second kappa shape index (κ2) is 5.22. The number of aliphatic carboxylic acids is 1. The third-order valence-electron chi connectivity index (χ3n) is 3.65. The molecule has 1 fully saturated rings. The van der Waals surface area contributed by atoms with Crippen LogP contribution in [-0.4, -0.2) is 33.5 Å². The number of thioether (sulfide) groups is 1. The van der Waals surface area contributed by atoms with Crippen molar-refractivity contribution in [2.45, 2.75) is 24.5 Å². The fourth-order valence-electron chi connectivity index (χ4n) is 2.44. The summed E-state index contributed by atoms with van der Waals surface area (Å²) in [5, 5.41) is 9.46. The first-order chi connectivity index (χ1) is 10.0. The quantitative estimate of drug-likeness (QED) is 0.860. The zero-order valence-electron chi connectivity index (χ0n) is 11.7. The number of ether oxygens (including phenoxy) is 1. The minimum atomic E-state index is -0.897. The van der Waals surface area contributed by atoms with Crippen LogP contribution in [0.15, 0.2) is 17.3 Å². The van der Waals surface area contributed by atoms with E-state index >= 15 is 0 Å². The maximum Gasteiger partial charge on any atom is 0.313 e. The zero-order valence-corrected chi connectivity index (χ0v) is 12.5. The van der Waals surface area contributed by atoms with Gasteiger partial charge in [0.25, 0.3) is 0 Å². The summed E-state index contributed by atoms with van der Waals surface area (Å²) >= 11 is 1.16. The fraction of sp³-hybridized carbons (Fsp3) is 0.429. The summed E-state index contributed by atoms with van der Waals surface area (Å²) in [6.07, 6.45) is 1.02. The summed E-state index contributed by atoms with van der Waals surface area (Å²) < 4.78 is 20.8. The highest BCUT2D eigenvalue weighted by Crippen LogP contribution is 2.47. The van der Waals surface area contributed by atoms with Crippen LogP contribution in [0.4, 0.5) is 4.39 Å². The molecule has 0 radical (unpaired) electrons. The van der Waals surface area contributed by atoms with E-state index in [1.807, 2.05) is 4.57 Å². The Morgan fingerprint density at radius 3 is 2.90 bits per heavy atom. The normalized spacial score (nSPS) is 20.7. The first-order valence-electron chi connectivity index (χ1n) is 6.61. The molecule has 1 aliphatic rings. The Morgan fingerprint density at radius 1 is 1.62 bits per heavy atom. The smallest absolute Gasteiger partial charge is 0.313 e. The van der Waals surface area contributed by atoms with Crippen molar-refractivity contribution in [2.24, 2.45) is 5.92 Å². The molecule has 2 atom stereocenters. The standard InChI is InChI=1S/C14H15FN2O3S/c1-7-3-10(7)17-11-5-12(20-2)8(15)4-9(11)16-14(17)21-6-13(18)19/h4-5,7,10H,3,6H2,1-2H3,(H,18,19). The van der Waals surface area contributed by atoms with Crippen molar-refractivity contribution in [1.82, 2.24) is 9.55 Å². The molecule has 0 saturated heterocycles. The van der Waals surface area contributed by atoms with Gasteiger partial charge >= 0.3 is 5.97 Å². The molecule has 1 aliphatic carbocycles. The van der Waals surface area contributed by atoms with Gasteiger partial charge in [-0.3, -0.25) is 4.79 Å². The molecule has 0 aliphatic heterocycles. The number of imidazole rings is 1. The second-order valence-corrected chi connectivity index (χ2v) is 6.15. The molecule has 21 heavy (non-hydrogen) atoms. The van der Waals surface area contributed by atoms with Crippen LogP contribution in [0.1, 0.15) is 19.4 Å². The maximum atomic E-state index is 13.8. The van der Waals surface area contributed by atoms with E-state index in [1.165, 1.54) is 13.2 Å². The van der Waals surface area contributed by atoms with E-state index in [0.717, 1.165) is 23.7 Å². The van der Waals surface area contributed by atoms with Gasteiger partial charge in [0.2, 0.25) is 0 Å². The van der Waals surface area contributed by atoms with Gasteiger partial charge in [-0.2, -0.15) is 0 Å². The van der Waals surface area contributed by atoms with Gasteiger partial charge in [0.15, 0.2) is 16.7 Å². The molecule has 112 valence electrons. The van der Waals surface area contributed by atoms with Gasteiger partial charge in [0.05, 0.1) is 23.9 Å². The predicted octanol–water partition coefficient (Wildman–Crippen LogP) is 2.94. The zero-order chi connectivity index (χ0) is 15.1. The Balaban J connectivity index is 2.10. The van der Waals surface area contributed by atoms with Crippen molar-refractivity contribution >= 4 is 28.8 Å². The number of carboxylic acid groups (broad SMARTS) is 1. The SMILES string of the molecule is COc1cc2c(cc1F)nc(SCC(=O)O)n2C1CC1C. The monoisotopic (exact) mass is 310 g/mol. The van der Waals surface area contributed by atoms with Gasteiger partial charge in [-0.05, 0) is 12.3 Å². The lowest BCUT2D eigenvalue weighted by atomic mass is 10.3. The first kappa shape index (κ1) is 14.2. The Bertz CT molecular complexity index is 716. The minimum absolute atomic E-state index is 0.0654. The van der Waals surface area contributed by atoms with Gasteiger partial charge in [0, 0.05) is 18.2 Å². The molecular formula is C14H15FN2O3S. The number of carboxylic acids is 1. The molecule has 1 aromatic heterocycles. The molecule has 1 aromatic carbocycles. The van der Waals surface area contributed by atoms with Crippen LogP contribution in [0.2, 0.25) is 0 Å². The van der Waals surface area contributed by atoms with Crippen LogP contribution in [0.3, 0.4) is 0 Å². The molecule has 2 unspecified atom stereocenters. The Hall–Kier alpha value is -1.76. The molecule has 3 rings (SSSR count). The lowest BCUT2D eigenvalue weighted by Crippen LogP contribution is -2.02. The Labute approximate surface area is 125 Å². The summed E-state index contributed by atoms with van der Waals surface area (Å²) in [4.78, 5) is 15.1. The van der Waals surface area contributed by atoms with Gasteiger partial charge in [-0.15, -0.1) is 0 Å². The number of aromatic nitrogens is 2. The molecule has 0 spiro atoms. The molecule has 0 amide bonds. The molecule has 5 nitrogen and oxygen atoms in total. The molecule has 1 N–H and O–H groups in total. The van der Waals surface area contributed by atoms with Crippen LogP contribution >= 0.6 is 11.8 Å². The highest BCUT2D eigenvalue weighted by atomic mass is 32.2. The number of fused-ring (bicyclic) bond motifs is 1. The van der Waals surface area contributed by atoms with E-state index in [0.29, 0.717) is 22.6 Å². The van der Waals surface area contributed by atoms with E-state index in [4.69, 9.17) is 9.84 Å². The average Bonchev–Trinajstić information content (AvgIpc) is 3.04. The average molecular weight is 310 g/mol. The molecule has 2 aromatic rings. The number of methoxy groups -OCH3 is 1. The van der Waals surface area contributed by atoms with Crippen LogP contribution in [0.5, 0.6) is 5.75 Å². The number of hydrogen-bond acceptors (Lipinski definition) is 4. The van der Waals surface area contributed by atoms with E-state index < -0.39 is 11.8 Å².